The van der Waals surface area contributed by atoms with Gasteiger partial charge >= 0.3 is 0 Å². The average molecular weight is 438 g/mol. The first-order chi connectivity index (χ1) is 15.0. The maximum Gasteiger partial charge on any atom is 0.238 e. The minimum absolute atomic E-state index is 0.0196. The molecule has 1 saturated heterocycles. The summed E-state index contributed by atoms with van der Waals surface area (Å²) in [6, 6.07) is 16.7. The molecule has 2 aromatic carbocycles. The minimum Gasteiger partial charge on any atom is -0.385 e. The summed E-state index contributed by atoms with van der Waals surface area (Å²) in [5, 5.41) is 11.1. The molecule has 1 aliphatic carbocycles. The van der Waals surface area contributed by atoms with Gasteiger partial charge in [-0.25, -0.2) is 0 Å². The Morgan fingerprint density at radius 1 is 1.16 bits per heavy atom. The first-order valence-corrected chi connectivity index (χ1v) is 11.6. The summed E-state index contributed by atoms with van der Waals surface area (Å²) in [5.74, 6) is -0.0531. The summed E-state index contributed by atoms with van der Waals surface area (Å²) in [6.45, 7) is 3.26. The summed E-state index contributed by atoms with van der Waals surface area (Å²) < 4.78 is 5.43. The van der Waals surface area contributed by atoms with Crippen molar-refractivity contribution in [3.63, 3.8) is 0 Å². The van der Waals surface area contributed by atoms with Crippen LogP contribution in [0, 0.1) is 0 Å². The van der Waals surface area contributed by atoms with Crippen LogP contribution < -0.4 is 0 Å². The number of carbonyl (C=O) groups excluding carboxylic acids is 1. The number of hydrogen-bond donors (Lipinski definition) is 1. The number of nitrogens with zero attached hydrogens (tertiary/aromatic N) is 1. The maximum atomic E-state index is 12.9. The Kier molecular flexibility index (Phi) is 5.41. The third-order valence-corrected chi connectivity index (χ3v) is 7.41. The van der Waals surface area contributed by atoms with Crippen molar-refractivity contribution >= 4 is 23.1 Å². The van der Waals surface area contributed by atoms with Crippen LogP contribution in [0.15, 0.2) is 54.1 Å². The standard InChI is InChI=1S/C26H28ClNO3/c1-17-14-22-21-5-3-2-4-19(21)15-23(22)25(28(17)24(29)16-27)18-6-8-20(9-7-18)26(30)10-12-31-13-11-26/h2-9,17,25,30H,10-16H2,1H3/t17-,25-/m0/s1. The van der Waals surface area contributed by atoms with E-state index in [0.29, 0.717) is 26.1 Å². The van der Waals surface area contributed by atoms with Gasteiger partial charge in [-0.1, -0.05) is 48.5 Å². The van der Waals surface area contributed by atoms with Crippen LogP contribution in [0.3, 0.4) is 0 Å². The summed E-state index contributed by atoms with van der Waals surface area (Å²) in [4.78, 5) is 14.9. The monoisotopic (exact) mass is 437 g/mol. The summed E-state index contributed by atoms with van der Waals surface area (Å²) in [5.41, 5.74) is 6.48. The molecule has 0 unspecified atom stereocenters. The Balaban J connectivity index is 1.56. The molecule has 5 heteroatoms. The van der Waals surface area contributed by atoms with Gasteiger partial charge in [0.25, 0.3) is 0 Å². The second kappa shape index (κ2) is 8.09. The molecule has 162 valence electrons. The Morgan fingerprint density at radius 3 is 2.58 bits per heavy atom. The molecule has 2 aliphatic heterocycles. The van der Waals surface area contributed by atoms with Gasteiger partial charge in [-0.05, 0) is 53.2 Å². The van der Waals surface area contributed by atoms with Gasteiger partial charge in [0.2, 0.25) is 5.91 Å². The van der Waals surface area contributed by atoms with Gasteiger partial charge < -0.3 is 14.7 Å². The van der Waals surface area contributed by atoms with Crippen LogP contribution in [0.5, 0.6) is 0 Å². The largest absolute Gasteiger partial charge is 0.385 e. The number of aliphatic hydroxyl groups is 1. The maximum absolute atomic E-state index is 12.9. The highest BCUT2D eigenvalue weighted by atomic mass is 35.5. The second-order valence-electron chi connectivity index (χ2n) is 8.99. The number of amides is 1. The van der Waals surface area contributed by atoms with Crippen molar-refractivity contribution < 1.29 is 14.6 Å². The first kappa shape index (κ1) is 20.7. The first-order valence-electron chi connectivity index (χ1n) is 11.1. The van der Waals surface area contributed by atoms with Crippen LogP contribution in [-0.4, -0.2) is 41.0 Å². The lowest BCUT2D eigenvalue weighted by molar-refractivity contribution is -0.132. The highest BCUT2D eigenvalue weighted by molar-refractivity contribution is 6.27. The molecule has 1 fully saturated rings. The van der Waals surface area contributed by atoms with Crippen molar-refractivity contribution in [2.75, 3.05) is 19.1 Å². The number of benzene rings is 2. The van der Waals surface area contributed by atoms with E-state index in [4.69, 9.17) is 16.3 Å². The normalized spacial score (nSPS) is 24.7. The summed E-state index contributed by atoms with van der Waals surface area (Å²) in [7, 11) is 0. The van der Waals surface area contributed by atoms with Crippen LogP contribution in [0.2, 0.25) is 0 Å². The van der Waals surface area contributed by atoms with Crippen molar-refractivity contribution in [3.8, 4) is 0 Å². The highest BCUT2D eigenvalue weighted by Crippen LogP contribution is 2.49. The average Bonchev–Trinajstić information content (AvgIpc) is 3.16. The predicted molar refractivity (Wildman–Crippen MR) is 122 cm³/mol. The van der Waals surface area contributed by atoms with Gasteiger partial charge in [0.15, 0.2) is 0 Å². The smallest absolute Gasteiger partial charge is 0.238 e. The third-order valence-electron chi connectivity index (χ3n) is 7.18. The number of alkyl halides is 1. The van der Waals surface area contributed by atoms with Gasteiger partial charge in [-0.3, -0.25) is 4.79 Å². The summed E-state index contributed by atoms with van der Waals surface area (Å²) >= 11 is 6.03. The third kappa shape index (κ3) is 3.51. The van der Waals surface area contributed by atoms with Crippen LogP contribution in [-0.2, 0) is 21.6 Å². The molecule has 1 N–H and O–H groups in total. The number of carbonyl (C=O) groups is 1. The zero-order valence-electron chi connectivity index (χ0n) is 17.8. The van der Waals surface area contributed by atoms with E-state index in [9.17, 15) is 9.90 Å². The van der Waals surface area contributed by atoms with Gasteiger partial charge in [0.05, 0.1) is 11.6 Å². The van der Waals surface area contributed by atoms with Crippen LogP contribution in [0.1, 0.15) is 54.5 Å². The quantitative estimate of drug-likeness (QED) is 0.714. The van der Waals surface area contributed by atoms with Crippen LogP contribution in [0.25, 0.3) is 5.57 Å². The minimum atomic E-state index is -0.837. The number of ether oxygens (including phenoxy) is 1. The fraction of sp³-hybridized carbons (Fsp3) is 0.423. The fourth-order valence-electron chi connectivity index (χ4n) is 5.57. The van der Waals surface area contributed by atoms with Crippen molar-refractivity contribution in [3.05, 3.63) is 76.4 Å². The molecule has 0 saturated carbocycles. The van der Waals surface area contributed by atoms with E-state index in [1.165, 1.54) is 22.3 Å². The van der Waals surface area contributed by atoms with E-state index in [1.807, 2.05) is 17.0 Å². The Labute approximate surface area is 188 Å². The Morgan fingerprint density at radius 2 is 1.87 bits per heavy atom. The fourth-order valence-corrected chi connectivity index (χ4v) is 5.70. The number of hydrogen-bond acceptors (Lipinski definition) is 3. The Hall–Kier alpha value is -2.14. The molecule has 2 atom stereocenters. The molecule has 1 amide bonds. The SMILES string of the molecule is C[C@H]1CC2=C(Cc3ccccc32)[C@H](c2ccc(C3(O)CCOCC3)cc2)N1C(=O)CCl. The predicted octanol–water partition coefficient (Wildman–Crippen LogP) is 4.60. The molecule has 3 aliphatic rings. The number of halogens is 1. The van der Waals surface area contributed by atoms with Crippen LogP contribution in [0.4, 0.5) is 0 Å². The van der Waals surface area contributed by atoms with Crippen molar-refractivity contribution in [2.45, 2.75) is 50.3 Å². The van der Waals surface area contributed by atoms with E-state index in [0.717, 1.165) is 24.0 Å². The van der Waals surface area contributed by atoms with Gasteiger partial charge in [0.1, 0.15) is 5.88 Å². The molecule has 0 spiro atoms. The number of rotatable bonds is 3. The molecule has 4 nitrogen and oxygen atoms in total. The molecule has 0 bridgehead atoms. The van der Waals surface area contributed by atoms with Gasteiger partial charge in [-0.2, -0.15) is 0 Å². The van der Waals surface area contributed by atoms with Crippen molar-refractivity contribution in [2.24, 2.45) is 0 Å². The van der Waals surface area contributed by atoms with E-state index in [-0.39, 0.29) is 23.9 Å². The van der Waals surface area contributed by atoms with E-state index in [1.54, 1.807) is 0 Å². The lowest BCUT2D eigenvalue weighted by Crippen LogP contribution is -2.45. The van der Waals surface area contributed by atoms with Crippen LogP contribution >= 0.6 is 11.6 Å². The lowest BCUT2D eigenvalue weighted by atomic mass is 9.82. The zero-order chi connectivity index (χ0) is 21.6. The van der Waals surface area contributed by atoms with Gasteiger partial charge in [0, 0.05) is 32.1 Å². The lowest BCUT2D eigenvalue weighted by Gasteiger charge is -2.42. The van der Waals surface area contributed by atoms with E-state index < -0.39 is 5.60 Å². The van der Waals surface area contributed by atoms with Crippen molar-refractivity contribution in [1.82, 2.24) is 4.90 Å². The second-order valence-corrected chi connectivity index (χ2v) is 9.26. The van der Waals surface area contributed by atoms with Crippen molar-refractivity contribution in [1.29, 1.82) is 0 Å². The molecular formula is C26H28ClNO3. The topological polar surface area (TPSA) is 49.8 Å². The summed E-state index contributed by atoms with van der Waals surface area (Å²) in [6.07, 6.45) is 2.92. The molecule has 2 aromatic rings. The van der Waals surface area contributed by atoms with E-state index in [2.05, 4.69) is 43.3 Å². The molecule has 2 heterocycles. The van der Waals surface area contributed by atoms with Gasteiger partial charge in [-0.15, -0.1) is 11.6 Å². The Bertz CT molecular complexity index is 1020. The molecule has 31 heavy (non-hydrogen) atoms. The molecule has 5 rings (SSSR count). The molecule has 0 radical (unpaired) electrons. The number of fused-ring (bicyclic) bond motifs is 2. The molecular weight excluding hydrogens is 410 g/mol. The van der Waals surface area contributed by atoms with E-state index >= 15 is 0 Å². The highest BCUT2D eigenvalue weighted by Gasteiger charge is 2.41. The molecule has 0 aromatic heterocycles. The zero-order valence-corrected chi connectivity index (χ0v) is 18.6.